The van der Waals surface area contributed by atoms with Crippen LogP contribution in [0.2, 0.25) is 0 Å². The lowest BCUT2D eigenvalue weighted by atomic mass is 10.0. The standard InChI is InChI=1S/C15H16S2/c16-10-14-5-1-12(2-6-14)9-13-3-7-15(11-17)8-4-13/h1-8,16-17H,9-11H2. The Kier molecular flexibility index (Phi) is 4.57. The molecule has 88 valence electrons. The Morgan fingerprint density at radius 3 is 1.12 bits per heavy atom. The predicted octanol–water partition coefficient (Wildman–Crippen LogP) is 4.14. The summed E-state index contributed by atoms with van der Waals surface area (Å²) in [4.78, 5) is 0. The molecule has 0 amide bonds. The summed E-state index contributed by atoms with van der Waals surface area (Å²) in [5.41, 5.74) is 5.22. The Labute approximate surface area is 114 Å². The number of benzene rings is 2. The third-order valence-corrected chi connectivity index (χ3v) is 3.55. The summed E-state index contributed by atoms with van der Waals surface area (Å²) < 4.78 is 0. The molecule has 0 bridgehead atoms. The van der Waals surface area contributed by atoms with Crippen molar-refractivity contribution in [2.45, 2.75) is 17.9 Å². The van der Waals surface area contributed by atoms with Gasteiger partial charge < -0.3 is 0 Å². The molecule has 0 N–H and O–H groups in total. The largest absolute Gasteiger partial charge is 0.175 e. The number of hydrogen-bond acceptors (Lipinski definition) is 2. The minimum atomic E-state index is 0.803. The first-order chi connectivity index (χ1) is 8.31. The average Bonchev–Trinajstić information content (AvgIpc) is 2.40. The Hall–Kier alpha value is -0.860. The highest BCUT2D eigenvalue weighted by atomic mass is 32.1. The van der Waals surface area contributed by atoms with Gasteiger partial charge in [-0.1, -0.05) is 48.5 Å². The molecule has 0 saturated carbocycles. The van der Waals surface area contributed by atoms with Gasteiger partial charge in [0.15, 0.2) is 0 Å². The first-order valence-corrected chi connectivity index (χ1v) is 6.95. The lowest BCUT2D eigenvalue weighted by Gasteiger charge is -2.04. The Balaban J connectivity index is 2.08. The second-order valence-electron chi connectivity index (χ2n) is 4.13. The zero-order chi connectivity index (χ0) is 12.1. The molecule has 0 unspecified atom stereocenters. The minimum absolute atomic E-state index is 0.803. The van der Waals surface area contributed by atoms with Crippen molar-refractivity contribution in [3.8, 4) is 0 Å². The maximum Gasteiger partial charge on any atom is 0.0154 e. The van der Waals surface area contributed by atoms with Gasteiger partial charge in [-0.2, -0.15) is 25.3 Å². The summed E-state index contributed by atoms with van der Waals surface area (Å²) in [5.74, 6) is 1.61. The van der Waals surface area contributed by atoms with Gasteiger partial charge >= 0.3 is 0 Å². The van der Waals surface area contributed by atoms with Crippen LogP contribution in [0.15, 0.2) is 48.5 Å². The fourth-order valence-electron chi connectivity index (χ4n) is 1.76. The van der Waals surface area contributed by atoms with Gasteiger partial charge in [-0.3, -0.25) is 0 Å². The second kappa shape index (κ2) is 6.18. The lowest BCUT2D eigenvalue weighted by Crippen LogP contribution is -1.89. The molecule has 2 heteroatoms. The van der Waals surface area contributed by atoms with E-state index in [1.807, 2.05) is 0 Å². The molecule has 0 spiro atoms. The maximum atomic E-state index is 4.26. The summed E-state index contributed by atoms with van der Waals surface area (Å²) in [6, 6.07) is 17.3. The zero-order valence-electron chi connectivity index (χ0n) is 9.63. The molecule has 0 aliphatic rings. The van der Waals surface area contributed by atoms with E-state index in [-0.39, 0.29) is 0 Å². The summed E-state index contributed by atoms with van der Waals surface area (Å²) in [6.07, 6.45) is 0.986. The molecule has 2 aromatic carbocycles. The Morgan fingerprint density at radius 1 is 0.529 bits per heavy atom. The molecule has 2 aromatic rings. The van der Waals surface area contributed by atoms with Crippen LogP contribution in [0.25, 0.3) is 0 Å². The summed E-state index contributed by atoms with van der Waals surface area (Å²) in [7, 11) is 0. The van der Waals surface area contributed by atoms with Gasteiger partial charge in [0, 0.05) is 11.5 Å². The molecular weight excluding hydrogens is 244 g/mol. The predicted molar refractivity (Wildman–Crippen MR) is 81.1 cm³/mol. The molecule has 0 aromatic heterocycles. The molecule has 2 rings (SSSR count). The summed E-state index contributed by atoms with van der Waals surface area (Å²) >= 11 is 8.52. The van der Waals surface area contributed by atoms with E-state index in [0.29, 0.717) is 0 Å². The smallest absolute Gasteiger partial charge is 0.0154 e. The van der Waals surface area contributed by atoms with Crippen LogP contribution in [0.4, 0.5) is 0 Å². The van der Waals surface area contributed by atoms with E-state index < -0.39 is 0 Å². The van der Waals surface area contributed by atoms with Crippen molar-refractivity contribution < 1.29 is 0 Å². The van der Waals surface area contributed by atoms with Crippen molar-refractivity contribution in [1.82, 2.24) is 0 Å². The number of thiol groups is 2. The van der Waals surface area contributed by atoms with E-state index in [0.717, 1.165) is 17.9 Å². The van der Waals surface area contributed by atoms with Crippen LogP contribution < -0.4 is 0 Å². The van der Waals surface area contributed by atoms with Crippen molar-refractivity contribution in [2.75, 3.05) is 0 Å². The molecule has 0 fully saturated rings. The fourth-order valence-corrected chi connectivity index (χ4v) is 2.18. The molecule has 0 aliphatic heterocycles. The molecule has 0 heterocycles. The van der Waals surface area contributed by atoms with E-state index in [1.165, 1.54) is 22.3 Å². The Bertz CT molecular complexity index is 412. The highest BCUT2D eigenvalue weighted by Crippen LogP contribution is 2.13. The normalized spacial score (nSPS) is 10.5. The highest BCUT2D eigenvalue weighted by molar-refractivity contribution is 7.79. The molecule has 0 atom stereocenters. The lowest BCUT2D eigenvalue weighted by molar-refractivity contribution is 1.18. The van der Waals surface area contributed by atoms with Crippen molar-refractivity contribution in [2.24, 2.45) is 0 Å². The monoisotopic (exact) mass is 260 g/mol. The van der Waals surface area contributed by atoms with Crippen molar-refractivity contribution in [1.29, 1.82) is 0 Å². The SMILES string of the molecule is SCc1ccc(Cc2ccc(CS)cc2)cc1. The third-order valence-electron chi connectivity index (χ3n) is 2.82. The van der Waals surface area contributed by atoms with E-state index in [9.17, 15) is 0 Å². The van der Waals surface area contributed by atoms with Gasteiger partial charge in [-0.25, -0.2) is 0 Å². The summed E-state index contributed by atoms with van der Waals surface area (Å²) in [5, 5.41) is 0. The van der Waals surface area contributed by atoms with Gasteiger partial charge in [0.25, 0.3) is 0 Å². The van der Waals surface area contributed by atoms with Crippen LogP contribution in [0, 0.1) is 0 Å². The first kappa shape index (κ1) is 12.6. The van der Waals surface area contributed by atoms with Gasteiger partial charge in [-0.05, 0) is 28.7 Å². The van der Waals surface area contributed by atoms with Crippen LogP contribution in [0.3, 0.4) is 0 Å². The van der Waals surface area contributed by atoms with Gasteiger partial charge in [0.05, 0.1) is 0 Å². The van der Waals surface area contributed by atoms with Crippen molar-refractivity contribution in [3.05, 3.63) is 70.8 Å². The van der Waals surface area contributed by atoms with Crippen LogP contribution in [-0.2, 0) is 17.9 Å². The molecular formula is C15H16S2. The van der Waals surface area contributed by atoms with Gasteiger partial charge in [0.2, 0.25) is 0 Å². The van der Waals surface area contributed by atoms with Crippen molar-refractivity contribution >= 4 is 25.3 Å². The second-order valence-corrected chi connectivity index (χ2v) is 4.76. The number of hydrogen-bond donors (Lipinski definition) is 2. The minimum Gasteiger partial charge on any atom is -0.175 e. The van der Waals surface area contributed by atoms with Crippen LogP contribution in [0.5, 0.6) is 0 Å². The van der Waals surface area contributed by atoms with Gasteiger partial charge in [0.1, 0.15) is 0 Å². The average molecular weight is 260 g/mol. The zero-order valence-corrected chi connectivity index (χ0v) is 11.4. The molecule has 17 heavy (non-hydrogen) atoms. The fraction of sp³-hybridized carbons (Fsp3) is 0.200. The van der Waals surface area contributed by atoms with Crippen molar-refractivity contribution in [3.63, 3.8) is 0 Å². The summed E-state index contributed by atoms with van der Waals surface area (Å²) in [6.45, 7) is 0. The van der Waals surface area contributed by atoms with Crippen LogP contribution in [-0.4, -0.2) is 0 Å². The van der Waals surface area contributed by atoms with Gasteiger partial charge in [-0.15, -0.1) is 0 Å². The third kappa shape index (κ3) is 3.55. The van der Waals surface area contributed by atoms with E-state index >= 15 is 0 Å². The van der Waals surface area contributed by atoms with Crippen LogP contribution >= 0.6 is 25.3 Å². The molecule has 0 radical (unpaired) electrons. The molecule has 0 saturated heterocycles. The quantitative estimate of drug-likeness (QED) is 0.759. The molecule has 0 nitrogen and oxygen atoms in total. The molecule has 0 aliphatic carbocycles. The first-order valence-electron chi connectivity index (χ1n) is 5.69. The Morgan fingerprint density at radius 2 is 0.824 bits per heavy atom. The van der Waals surface area contributed by atoms with E-state index in [1.54, 1.807) is 0 Å². The maximum absolute atomic E-state index is 4.26. The van der Waals surface area contributed by atoms with Crippen LogP contribution in [0.1, 0.15) is 22.3 Å². The highest BCUT2D eigenvalue weighted by Gasteiger charge is 1.97. The van der Waals surface area contributed by atoms with E-state index in [2.05, 4.69) is 73.8 Å². The topological polar surface area (TPSA) is 0 Å². The van der Waals surface area contributed by atoms with E-state index in [4.69, 9.17) is 0 Å². The number of rotatable bonds is 4.